The molecule has 1 heterocycles. The van der Waals surface area contributed by atoms with Gasteiger partial charge in [-0.1, -0.05) is 12.1 Å². The zero-order valence-corrected chi connectivity index (χ0v) is 15.4. The molecular formula is C20H28N2O3. The van der Waals surface area contributed by atoms with E-state index >= 15 is 0 Å². The van der Waals surface area contributed by atoms with Crippen molar-refractivity contribution in [3.8, 4) is 5.75 Å². The van der Waals surface area contributed by atoms with E-state index in [0.717, 1.165) is 42.7 Å². The minimum atomic E-state index is 0.157. The molecule has 25 heavy (non-hydrogen) atoms. The van der Waals surface area contributed by atoms with Crippen molar-refractivity contribution in [2.75, 3.05) is 20.7 Å². The molecule has 3 atom stereocenters. The minimum absolute atomic E-state index is 0.157. The SMILES string of the molecule is COc1cc(CCC(=O)N(C)[C@H]2C[C@H]3CNC(=O)C[C@H]3C2)ccc1C. The highest BCUT2D eigenvalue weighted by molar-refractivity contribution is 5.78. The summed E-state index contributed by atoms with van der Waals surface area (Å²) < 4.78 is 5.36. The Kier molecular flexibility index (Phi) is 5.30. The molecular weight excluding hydrogens is 316 g/mol. The normalized spacial score (nSPS) is 25.2. The Balaban J connectivity index is 1.54. The zero-order chi connectivity index (χ0) is 18.0. The average molecular weight is 344 g/mol. The molecule has 1 aliphatic heterocycles. The van der Waals surface area contributed by atoms with Gasteiger partial charge in [-0.15, -0.1) is 0 Å². The summed E-state index contributed by atoms with van der Waals surface area (Å²) in [7, 11) is 3.58. The molecule has 1 N–H and O–H groups in total. The molecule has 2 aliphatic rings. The minimum Gasteiger partial charge on any atom is -0.496 e. The van der Waals surface area contributed by atoms with Gasteiger partial charge in [0.1, 0.15) is 5.75 Å². The summed E-state index contributed by atoms with van der Waals surface area (Å²) in [5.41, 5.74) is 2.23. The molecule has 1 saturated carbocycles. The molecule has 0 bridgehead atoms. The number of amides is 2. The molecule has 2 fully saturated rings. The first-order valence-corrected chi connectivity index (χ1v) is 9.13. The van der Waals surface area contributed by atoms with Gasteiger partial charge < -0.3 is 15.0 Å². The largest absolute Gasteiger partial charge is 0.496 e. The monoisotopic (exact) mass is 344 g/mol. The van der Waals surface area contributed by atoms with E-state index in [1.807, 2.05) is 31.0 Å². The van der Waals surface area contributed by atoms with Crippen molar-refractivity contribution in [1.29, 1.82) is 0 Å². The number of piperidine rings is 1. The number of aryl methyl sites for hydroxylation is 2. The van der Waals surface area contributed by atoms with Gasteiger partial charge in [-0.25, -0.2) is 0 Å². The van der Waals surface area contributed by atoms with Crippen LogP contribution in [0, 0.1) is 18.8 Å². The van der Waals surface area contributed by atoms with Gasteiger partial charge in [0.15, 0.2) is 0 Å². The van der Waals surface area contributed by atoms with Gasteiger partial charge in [-0.05, 0) is 55.2 Å². The molecule has 2 amide bonds. The van der Waals surface area contributed by atoms with E-state index in [-0.39, 0.29) is 17.9 Å². The molecule has 0 spiro atoms. The molecule has 0 unspecified atom stereocenters. The summed E-state index contributed by atoms with van der Waals surface area (Å²) in [5.74, 6) is 2.18. The molecule has 3 rings (SSSR count). The lowest BCUT2D eigenvalue weighted by atomic mass is 9.89. The number of hydrogen-bond acceptors (Lipinski definition) is 3. The number of carbonyl (C=O) groups is 2. The Morgan fingerprint density at radius 1 is 1.32 bits per heavy atom. The Bertz CT molecular complexity index is 658. The van der Waals surface area contributed by atoms with Crippen molar-refractivity contribution in [2.24, 2.45) is 11.8 Å². The third-order valence-electron chi connectivity index (χ3n) is 5.87. The van der Waals surface area contributed by atoms with E-state index in [4.69, 9.17) is 4.74 Å². The van der Waals surface area contributed by atoms with Crippen LogP contribution in [0.4, 0.5) is 0 Å². The Labute approximate surface area is 149 Å². The van der Waals surface area contributed by atoms with Crippen LogP contribution < -0.4 is 10.1 Å². The van der Waals surface area contributed by atoms with Crippen LogP contribution in [0.1, 0.15) is 36.8 Å². The number of nitrogens with one attached hydrogen (secondary N) is 1. The van der Waals surface area contributed by atoms with E-state index < -0.39 is 0 Å². The highest BCUT2D eigenvalue weighted by atomic mass is 16.5. The number of rotatable bonds is 5. The van der Waals surface area contributed by atoms with Crippen LogP contribution in [0.15, 0.2) is 18.2 Å². The van der Waals surface area contributed by atoms with E-state index in [9.17, 15) is 9.59 Å². The predicted octanol–water partition coefficient (Wildman–Crippen LogP) is 2.31. The molecule has 1 aromatic rings. The third kappa shape index (κ3) is 3.97. The number of benzene rings is 1. The number of hydrogen-bond donors (Lipinski definition) is 1. The smallest absolute Gasteiger partial charge is 0.222 e. The number of ether oxygens (including phenoxy) is 1. The maximum absolute atomic E-state index is 12.6. The van der Waals surface area contributed by atoms with Gasteiger partial charge in [0.05, 0.1) is 7.11 Å². The first-order chi connectivity index (χ1) is 12.0. The number of methoxy groups -OCH3 is 1. The number of fused-ring (bicyclic) bond motifs is 1. The Morgan fingerprint density at radius 3 is 2.84 bits per heavy atom. The first-order valence-electron chi connectivity index (χ1n) is 9.13. The fourth-order valence-electron chi connectivity index (χ4n) is 4.20. The van der Waals surface area contributed by atoms with Gasteiger partial charge in [-0.3, -0.25) is 9.59 Å². The fourth-order valence-corrected chi connectivity index (χ4v) is 4.20. The topological polar surface area (TPSA) is 58.6 Å². The Morgan fingerprint density at radius 2 is 2.08 bits per heavy atom. The van der Waals surface area contributed by atoms with Gasteiger partial charge in [0.25, 0.3) is 0 Å². The van der Waals surface area contributed by atoms with Gasteiger partial charge in [-0.2, -0.15) is 0 Å². The average Bonchev–Trinajstić information content (AvgIpc) is 3.03. The standard InChI is InChI=1S/C20H28N2O3/c1-13-4-5-14(8-18(13)25-3)6-7-20(24)22(2)17-9-15-11-19(23)21-12-16(15)10-17/h4-5,8,15-17H,6-7,9-12H2,1-3H3,(H,21,23)/t15-,16+,17-/m1/s1. The molecule has 5 heteroatoms. The van der Waals surface area contributed by atoms with Gasteiger partial charge >= 0.3 is 0 Å². The summed E-state index contributed by atoms with van der Waals surface area (Å²) in [5, 5.41) is 2.95. The van der Waals surface area contributed by atoms with Crippen LogP contribution in [0.2, 0.25) is 0 Å². The summed E-state index contributed by atoms with van der Waals surface area (Å²) in [6.45, 7) is 2.78. The van der Waals surface area contributed by atoms with E-state index in [1.54, 1.807) is 7.11 Å². The second-order valence-electron chi connectivity index (χ2n) is 7.46. The quantitative estimate of drug-likeness (QED) is 0.892. The predicted molar refractivity (Wildman–Crippen MR) is 96.5 cm³/mol. The van der Waals surface area contributed by atoms with Crippen molar-refractivity contribution in [2.45, 2.75) is 45.1 Å². The number of nitrogens with zero attached hydrogens (tertiary/aromatic N) is 1. The molecule has 1 aromatic carbocycles. The van der Waals surface area contributed by atoms with E-state index in [0.29, 0.717) is 24.7 Å². The van der Waals surface area contributed by atoms with Crippen LogP contribution in [0.3, 0.4) is 0 Å². The summed E-state index contributed by atoms with van der Waals surface area (Å²) in [6, 6.07) is 6.38. The van der Waals surface area contributed by atoms with Crippen molar-refractivity contribution < 1.29 is 14.3 Å². The van der Waals surface area contributed by atoms with Crippen LogP contribution in [0.25, 0.3) is 0 Å². The lowest BCUT2D eigenvalue weighted by Gasteiger charge is -2.25. The summed E-state index contributed by atoms with van der Waals surface area (Å²) in [6.07, 6.45) is 3.81. The highest BCUT2D eigenvalue weighted by Gasteiger charge is 2.40. The van der Waals surface area contributed by atoms with Crippen molar-refractivity contribution in [3.05, 3.63) is 29.3 Å². The Hall–Kier alpha value is -2.04. The summed E-state index contributed by atoms with van der Waals surface area (Å²) in [4.78, 5) is 26.1. The number of carbonyl (C=O) groups excluding carboxylic acids is 2. The molecule has 1 saturated heterocycles. The zero-order valence-electron chi connectivity index (χ0n) is 15.4. The molecule has 5 nitrogen and oxygen atoms in total. The lowest BCUT2D eigenvalue weighted by Crippen LogP contribution is -2.38. The first kappa shape index (κ1) is 17.8. The molecule has 1 aliphatic carbocycles. The van der Waals surface area contributed by atoms with E-state index in [1.165, 1.54) is 0 Å². The maximum Gasteiger partial charge on any atom is 0.222 e. The molecule has 136 valence electrons. The van der Waals surface area contributed by atoms with Gasteiger partial charge in [0, 0.05) is 32.5 Å². The van der Waals surface area contributed by atoms with Crippen molar-refractivity contribution in [1.82, 2.24) is 10.2 Å². The third-order valence-corrected chi connectivity index (χ3v) is 5.87. The van der Waals surface area contributed by atoms with E-state index in [2.05, 4.69) is 11.4 Å². The van der Waals surface area contributed by atoms with Crippen LogP contribution in [-0.4, -0.2) is 43.5 Å². The van der Waals surface area contributed by atoms with Crippen molar-refractivity contribution >= 4 is 11.8 Å². The molecule has 0 radical (unpaired) electrons. The lowest BCUT2D eigenvalue weighted by molar-refractivity contribution is -0.131. The van der Waals surface area contributed by atoms with Crippen LogP contribution in [-0.2, 0) is 16.0 Å². The van der Waals surface area contributed by atoms with Crippen LogP contribution >= 0.6 is 0 Å². The van der Waals surface area contributed by atoms with Gasteiger partial charge in [0.2, 0.25) is 11.8 Å². The van der Waals surface area contributed by atoms with Crippen molar-refractivity contribution in [3.63, 3.8) is 0 Å². The molecule has 0 aromatic heterocycles. The second-order valence-corrected chi connectivity index (χ2v) is 7.46. The summed E-state index contributed by atoms with van der Waals surface area (Å²) >= 11 is 0. The van der Waals surface area contributed by atoms with Crippen LogP contribution in [0.5, 0.6) is 5.75 Å². The second kappa shape index (κ2) is 7.46. The fraction of sp³-hybridized carbons (Fsp3) is 0.600. The maximum atomic E-state index is 12.6. The highest BCUT2D eigenvalue weighted by Crippen LogP contribution is 2.38.